The average Bonchev–Trinajstić information content (AvgIpc) is 2.44. The number of hydrogen-bond acceptors (Lipinski definition) is 5. The molecule has 24 heavy (non-hydrogen) atoms. The maximum Gasteiger partial charge on any atom is 0.407 e. The quantitative estimate of drug-likeness (QED) is 0.741. The Hall–Kier alpha value is -1.79. The zero-order valence-electron chi connectivity index (χ0n) is 15.3. The molecule has 0 heterocycles. The molecule has 3 N–H and O–H groups in total. The van der Waals surface area contributed by atoms with E-state index in [0.29, 0.717) is 11.3 Å². The van der Waals surface area contributed by atoms with E-state index in [0.717, 1.165) is 11.1 Å². The van der Waals surface area contributed by atoms with Crippen molar-refractivity contribution in [2.24, 2.45) is 0 Å². The Kier molecular flexibility index (Phi) is 7.05. The lowest BCUT2D eigenvalue weighted by Crippen LogP contribution is -2.34. The lowest BCUT2D eigenvalue weighted by molar-refractivity contribution is 0.0116. The van der Waals surface area contributed by atoms with Crippen molar-refractivity contribution >= 4 is 6.09 Å². The highest BCUT2D eigenvalue weighted by molar-refractivity contribution is 5.67. The molecule has 6 heteroatoms. The minimum atomic E-state index is -1.03. The summed E-state index contributed by atoms with van der Waals surface area (Å²) in [6.07, 6.45) is -2.35. The molecule has 1 aromatic carbocycles. The van der Waals surface area contributed by atoms with Crippen LogP contribution in [-0.4, -0.2) is 41.7 Å². The Morgan fingerprint density at radius 2 is 1.75 bits per heavy atom. The summed E-state index contributed by atoms with van der Waals surface area (Å²) >= 11 is 0. The average molecular weight is 339 g/mol. The first-order valence-corrected chi connectivity index (χ1v) is 8.03. The number of amides is 1. The number of aryl methyl sites for hydroxylation is 2. The zero-order chi connectivity index (χ0) is 18.5. The van der Waals surface area contributed by atoms with E-state index in [9.17, 15) is 15.0 Å². The molecule has 0 spiro atoms. The van der Waals surface area contributed by atoms with Crippen molar-refractivity contribution in [1.82, 2.24) is 5.32 Å². The normalized spacial score (nSPS) is 14.0. The number of aliphatic hydroxyl groups excluding tert-OH is 2. The molecule has 0 bridgehead atoms. The van der Waals surface area contributed by atoms with E-state index in [1.54, 1.807) is 27.9 Å². The summed E-state index contributed by atoms with van der Waals surface area (Å²) in [7, 11) is 1.58. The van der Waals surface area contributed by atoms with Crippen LogP contribution >= 0.6 is 0 Å². The minimum Gasteiger partial charge on any atom is -0.497 e. The summed E-state index contributed by atoms with van der Waals surface area (Å²) in [5.41, 5.74) is 1.80. The number of benzene rings is 1. The SMILES string of the molecule is COc1cc(C)c(C(O)C(O)CCNC(=O)OC(C)(C)C)c(C)c1. The molecule has 0 saturated heterocycles. The molecule has 6 nitrogen and oxygen atoms in total. The van der Waals surface area contributed by atoms with Gasteiger partial charge in [-0.1, -0.05) is 0 Å². The highest BCUT2D eigenvalue weighted by Gasteiger charge is 2.23. The molecular formula is C18H29NO5. The van der Waals surface area contributed by atoms with Crippen molar-refractivity contribution in [1.29, 1.82) is 0 Å². The van der Waals surface area contributed by atoms with Gasteiger partial charge in [-0.25, -0.2) is 4.79 Å². The summed E-state index contributed by atoms with van der Waals surface area (Å²) in [4.78, 5) is 11.6. The van der Waals surface area contributed by atoms with Gasteiger partial charge in [-0.15, -0.1) is 0 Å². The van der Waals surface area contributed by atoms with Gasteiger partial charge in [0, 0.05) is 6.54 Å². The number of ether oxygens (including phenoxy) is 2. The van der Waals surface area contributed by atoms with E-state index >= 15 is 0 Å². The fourth-order valence-electron chi connectivity index (χ4n) is 2.51. The molecule has 0 aromatic heterocycles. The van der Waals surface area contributed by atoms with Crippen LogP contribution in [0.15, 0.2) is 12.1 Å². The second kappa shape index (κ2) is 8.35. The van der Waals surface area contributed by atoms with Gasteiger partial charge < -0.3 is 25.0 Å². The van der Waals surface area contributed by atoms with E-state index in [-0.39, 0.29) is 13.0 Å². The third-order valence-corrected chi connectivity index (χ3v) is 3.57. The fraction of sp³-hybridized carbons (Fsp3) is 0.611. The van der Waals surface area contributed by atoms with E-state index in [2.05, 4.69) is 5.32 Å². The first-order valence-electron chi connectivity index (χ1n) is 8.03. The van der Waals surface area contributed by atoms with E-state index in [1.807, 2.05) is 26.0 Å². The third kappa shape index (κ3) is 6.02. The van der Waals surface area contributed by atoms with Gasteiger partial charge in [-0.2, -0.15) is 0 Å². The van der Waals surface area contributed by atoms with E-state index in [4.69, 9.17) is 9.47 Å². The molecule has 136 valence electrons. The van der Waals surface area contributed by atoms with Gasteiger partial charge >= 0.3 is 6.09 Å². The minimum absolute atomic E-state index is 0.210. The van der Waals surface area contributed by atoms with Gasteiger partial charge in [0.2, 0.25) is 0 Å². The van der Waals surface area contributed by atoms with Crippen LogP contribution in [0.3, 0.4) is 0 Å². The van der Waals surface area contributed by atoms with Crippen LogP contribution in [0.5, 0.6) is 5.75 Å². The largest absolute Gasteiger partial charge is 0.497 e. The van der Waals surface area contributed by atoms with E-state index < -0.39 is 23.9 Å². The summed E-state index contributed by atoms with van der Waals surface area (Å²) in [5, 5.41) is 23.2. The molecule has 0 saturated carbocycles. The molecule has 2 atom stereocenters. The molecule has 1 amide bonds. The van der Waals surface area contributed by atoms with Gasteiger partial charge in [-0.3, -0.25) is 0 Å². The first-order chi connectivity index (χ1) is 11.0. The summed E-state index contributed by atoms with van der Waals surface area (Å²) in [6, 6.07) is 3.63. The number of carbonyl (C=O) groups is 1. The first kappa shape index (κ1) is 20.3. The smallest absolute Gasteiger partial charge is 0.407 e. The summed E-state index contributed by atoms with van der Waals surface area (Å²) in [5.74, 6) is 0.710. The van der Waals surface area contributed by atoms with Gasteiger partial charge in [0.1, 0.15) is 17.5 Å². The molecule has 0 aliphatic rings. The second-order valence-corrected chi connectivity index (χ2v) is 6.90. The van der Waals surface area contributed by atoms with E-state index in [1.165, 1.54) is 0 Å². The van der Waals surface area contributed by atoms with Crippen LogP contribution in [0.2, 0.25) is 0 Å². The number of methoxy groups -OCH3 is 1. The standard InChI is InChI=1S/C18H29NO5/c1-11-9-13(23-6)10-12(2)15(11)16(21)14(20)7-8-19-17(22)24-18(3,4)5/h9-10,14,16,20-21H,7-8H2,1-6H3,(H,19,22). The molecule has 2 unspecified atom stereocenters. The highest BCUT2D eigenvalue weighted by Crippen LogP contribution is 2.29. The molecule has 0 aliphatic heterocycles. The third-order valence-electron chi connectivity index (χ3n) is 3.57. The number of aliphatic hydroxyl groups is 2. The van der Waals surface area contributed by atoms with Crippen LogP contribution < -0.4 is 10.1 Å². The van der Waals surface area contributed by atoms with Crippen LogP contribution in [0, 0.1) is 13.8 Å². The maximum absolute atomic E-state index is 11.6. The molecule has 1 rings (SSSR count). The van der Waals surface area contributed by atoms with Crippen molar-refractivity contribution < 1.29 is 24.5 Å². The molecular weight excluding hydrogens is 310 g/mol. The molecule has 1 aromatic rings. The van der Waals surface area contributed by atoms with Gasteiger partial charge in [0.25, 0.3) is 0 Å². The van der Waals surface area contributed by atoms with Gasteiger partial charge in [0.15, 0.2) is 0 Å². The van der Waals surface area contributed by atoms with Crippen LogP contribution in [0.4, 0.5) is 4.79 Å². The lowest BCUT2D eigenvalue weighted by Gasteiger charge is -2.23. The predicted molar refractivity (Wildman–Crippen MR) is 92.3 cm³/mol. The van der Waals surface area contributed by atoms with Crippen molar-refractivity contribution in [2.45, 2.75) is 58.8 Å². The zero-order valence-corrected chi connectivity index (χ0v) is 15.3. The Balaban J connectivity index is 2.63. The Bertz CT molecular complexity index is 542. The van der Waals surface area contributed by atoms with Crippen LogP contribution in [-0.2, 0) is 4.74 Å². The maximum atomic E-state index is 11.6. The highest BCUT2D eigenvalue weighted by atomic mass is 16.6. The Labute approximate surface area is 143 Å². The number of alkyl carbamates (subject to hydrolysis) is 1. The number of rotatable bonds is 6. The van der Waals surface area contributed by atoms with Gasteiger partial charge in [-0.05, 0) is 69.9 Å². The summed E-state index contributed by atoms with van der Waals surface area (Å²) < 4.78 is 10.3. The van der Waals surface area contributed by atoms with Crippen molar-refractivity contribution in [2.75, 3.05) is 13.7 Å². The lowest BCUT2D eigenvalue weighted by atomic mass is 9.93. The molecule has 0 aliphatic carbocycles. The van der Waals surface area contributed by atoms with Crippen molar-refractivity contribution in [3.05, 3.63) is 28.8 Å². The Morgan fingerprint density at radius 3 is 2.21 bits per heavy atom. The Morgan fingerprint density at radius 1 is 1.21 bits per heavy atom. The number of hydrogen-bond donors (Lipinski definition) is 3. The number of nitrogens with one attached hydrogen (secondary N) is 1. The van der Waals surface area contributed by atoms with Crippen LogP contribution in [0.25, 0.3) is 0 Å². The monoisotopic (exact) mass is 339 g/mol. The topological polar surface area (TPSA) is 88.0 Å². The number of carbonyl (C=O) groups excluding carboxylic acids is 1. The van der Waals surface area contributed by atoms with Crippen molar-refractivity contribution in [3.63, 3.8) is 0 Å². The van der Waals surface area contributed by atoms with Crippen LogP contribution in [0.1, 0.15) is 50.0 Å². The van der Waals surface area contributed by atoms with Crippen molar-refractivity contribution in [3.8, 4) is 5.75 Å². The van der Waals surface area contributed by atoms with Gasteiger partial charge in [0.05, 0.1) is 13.2 Å². The second-order valence-electron chi connectivity index (χ2n) is 6.90. The summed E-state index contributed by atoms with van der Waals surface area (Å²) in [6.45, 7) is 9.27. The predicted octanol–water partition coefficient (Wildman–Crippen LogP) is 2.62. The molecule has 0 fully saturated rings. The fourth-order valence-corrected chi connectivity index (χ4v) is 2.51. The molecule has 0 radical (unpaired) electrons.